The molecule has 0 aliphatic heterocycles. The van der Waals surface area contributed by atoms with E-state index in [9.17, 15) is 9.90 Å². The second kappa shape index (κ2) is 5.43. The molecular formula is C12H15O2-. The summed E-state index contributed by atoms with van der Waals surface area (Å²) in [5.41, 5.74) is 1.26. The molecule has 0 radical (unpaired) electrons. The van der Waals surface area contributed by atoms with Crippen LogP contribution in [0, 0.1) is 5.92 Å². The largest absolute Gasteiger partial charge is 0.550 e. The minimum Gasteiger partial charge on any atom is -0.550 e. The summed E-state index contributed by atoms with van der Waals surface area (Å²) in [5, 5.41) is 10.2. The number of rotatable bonds is 5. The predicted molar refractivity (Wildman–Crippen MR) is 53.6 cm³/mol. The Morgan fingerprint density at radius 1 is 1.36 bits per heavy atom. The van der Waals surface area contributed by atoms with E-state index < -0.39 is 5.97 Å². The summed E-state index contributed by atoms with van der Waals surface area (Å²) in [4.78, 5) is 10.2. The van der Waals surface area contributed by atoms with Crippen LogP contribution in [0.1, 0.15) is 25.3 Å². The van der Waals surface area contributed by atoms with Gasteiger partial charge in [0.15, 0.2) is 0 Å². The van der Waals surface area contributed by atoms with Crippen LogP contribution >= 0.6 is 0 Å². The van der Waals surface area contributed by atoms with E-state index >= 15 is 0 Å². The van der Waals surface area contributed by atoms with E-state index in [0.717, 1.165) is 6.42 Å². The summed E-state index contributed by atoms with van der Waals surface area (Å²) in [6.45, 7) is 2.07. The molecule has 1 unspecified atom stereocenters. The standard InChI is InChI=1S/C12H16O2/c1-10(7-8-12(13)14)9-11-5-3-2-4-6-11/h2-6,10H,7-9H2,1H3,(H,13,14)/p-1. The third-order valence-corrected chi connectivity index (χ3v) is 2.27. The van der Waals surface area contributed by atoms with Gasteiger partial charge in [-0.3, -0.25) is 0 Å². The van der Waals surface area contributed by atoms with Crippen molar-refractivity contribution in [2.45, 2.75) is 26.2 Å². The molecule has 0 amide bonds. The number of carbonyl (C=O) groups is 1. The van der Waals surface area contributed by atoms with Gasteiger partial charge < -0.3 is 9.90 Å². The average molecular weight is 191 g/mol. The molecule has 0 aliphatic rings. The SMILES string of the molecule is CC(CCC(=O)[O-])Cc1ccccc1. The second-order valence-electron chi connectivity index (χ2n) is 3.71. The minimum absolute atomic E-state index is 0.161. The van der Waals surface area contributed by atoms with Crippen molar-refractivity contribution in [1.82, 2.24) is 0 Å². The Hall–Kier alpha value is -1.31. The molecule has 1 aromatic rings. The number of hydrogen-bond donors (Lipinski definition) is 0. The topological polar surface area (TPSA) is 40.1 Å². The number of benzene rings is 1. The first-order valence-electron chi connectivity index (χ1n) is 4.92. The number of hydrogen-bond acceptors (Lipinski definition) is 2. The lowest BCUT2D eigenvalue weighted by molar-refractivity contribution is -0.306. The van der Waals surface area contributed by atoms with Crippen molar-refractivity contribution in [3.63, 3.8) is 0 Å². The molecule has 0 saturated heterocycles. The first-order chi connectivity index (χ1) is 6.68. The van der Waals surface area contributed by atoms with Gasteiger partial charge in [-0.1, -0.05) is 37.3 Å². The maximum atomic E-state index is 10.2. The molecule has 2 nitrogen and oxygen atoms in total. The summed E-state index contributed by atoms with van der Waals surface area (Å²) in [6, 6.07) is 10.1. The van der Waals surface area contributed by atoms with Crippen LogP contribution in [-0.4, -0.2) is 5.97 Å². The quantitative estimate of drug-likeness (QED) is 0.705. The molecule has 0 aromatic heterocycles. The molecule has 14 heavy (non-hydrogen) atoms. The highest BCUT2D eigenvalue weighted by molar-refractivity contribution is 5.64. The maximum absolute atomic E-state index is 10.2. The van der Waals surface area contributed by atoms with Crippen molar-refractivity contribution in [2.24, 2.45) is 5.92 Å². The normalized spacial score (nSPS) is 12.4. The molecule has 1 aromatic carbocycles. The van der Waals surface area contributed by atoms with Crippen LogP contribution in [0.2, 0.25) is 0 Å². The van der Waals surface area contributed by atoms with Gasteiger partial charge in [0, 0.05) is 5.97 Å². The van der Waals surface area contributed by atoms with Gasteiger partial charge in [0.1, 0.15) is 0 Å². The lowest BCUT2D eigenvalue weighted by Gasteiger charge is -2.11. The molecule has 2 heteroatoms. The van der Waals surface area contributed by atoms with Crippen LogP contribution in [0.4, 0.5) is 0 Å². The average Bonchev–Trinajstić information content (AvgIpc) is 2.16. The van der Waals surface area contributed by atoms with Gasteiger partial charge in [-0.15, -0.1) is 0 Å². The van der Waals surface area contributed by atoms with Gasteiger partial charge in [-0.05, 0) is 30.7 Å². The van der Waals surface area contributed by atoms with E-state index in [4.69, 9.17) is 0 Å². The Kier molecular flexibility index (Phi) is 4.17. The molecule has 0 fully saturated rings. The van der Waals surface area contributed by atoms with Gasteiger partial charge in [0.25, 0.3) is 0 Å². The summed E-state index contributed by atoms with van der Waals surface area (Å²) >= 11 is 0. The molecular weight excluding hydrogens is 176 g/mol. The van der Waals surface area contributed by atoms with Crippen molar-refractivity contribution in [2.75, 3.05) is 0 Å². The Labute approximate surface area is 84.6 Å². The van der Waals surface area contributed by atoms with E-state index in [-0.39, 0.29) is 6.42 Å². The zero-order valence-corrected chi connectivity index (χ0v) is 8.40. The fourth-order valence-electron chi connectivity index (χ4n) is 1.48. The zero-order chi connectivity index (χ0) is 10.4. The van der Waals surface area contributed by atoms with Crippen molar-refractivity contribution >= 4 is 5.97 Å². The Morgan fingerprint density at radius 2 is 2.00 bits per heavy atom. The summed E-state index contributed by atoms with van der Waals surface area (Å²) < 4.78 is 0. The van der Waals surface area contributed by atoms with Gasteiger partial charge in [-0.2, -0.15) is 0 Å². The summed E-state index contributed by atoms with van der Waals surface area (Å²) in [5.74, 6) is -0.555. The minimum atomic E-state index is -0.954. The first-order valence-corrected chi connectivity index (χ1v) is 4.92. The highest BCUT2D eigenvalue weighted by Gasteiger charge is 2.03. The molecule has 0 N–H and O–H groups in total. The lowest BCUT2D eigenvalue weighted by Crippen LogP contribution is -2.22. The summed E-state index contributed by atoms with van der Waals surface area (Å²) in [6.07, 6.45) is 1.79. The van der Waals surface area contributed by atoms with Crippen LogP contribution in [0.25, 0.3) is 0 Å². The number of carboxylic acid groups (broad SMARTS) is 1. The van der Waals surface area contributed by atoms with E-state index in [0.29, 0.717) is 12.3 Å². The highest BCUT2D eigenvalue weighted by atomic mass is 16.4. The van der Waals surface area contributed by atoms with Crippen LogP contribution in [0.15, 0.2) is 30.3 Å². The molecule has 0 heterocycles. The fourth-order valence-corrected chi connectivity index (χ4v) is 1.48. The van der Waals surface area contributed by atoms with Gasteiger partial charge >= 0.3 is 0 Å². The van der Waals surface area contributed by atoms with Crippen molar-refractivity contribution in [1.29, 1.82) is 0 Å². The third-order valence-electron chi connectivity index (χ3n) is 2.27. The number of aliphatic carboxylic acids is 1. The molecule has 0 saturated carbocycles. The van der Waals surface area contributed by atoms with Crippen molar-refractivity contribution in [3.8, 4) is 0 Å². The predicted octanol–water partition coefficient (Wildman–Crippen LogP) is 1.40. The molecule has 0 spiro atoms. The molecule has 1 rings (SSSR count). The summed E-state index contributed by atoms with van der Waals surface area (Å²) in [7, 11) is 0. The number of carbonyl (C=O) groups excluding carboxylic acids is 1. The zero-order valence-electron chi connectivity index (χ0n) is 8.40. The molecule has 0 bridgehead atoms. The molecule has 76 valence electrons. The molecule has 0 aliphatic carbocycles. The van der Waals surface area contributed by atoms with Crippen LogP contribution in [-0.2, 0) is 11.2 Å². The van der Waals surface area contributed by atoms with Crippen LogP contribution < -0.4 is 5.11 Å². The third kappa shape index (κ3) is 4.08. The highest BCUT2D eigenvalue weighted by Crippen LogP contribution is 2.12. The second-order valence-corrected chi connectivity index (χ2v) is 3.71. The van der Waals surface area contributed by atoms with Gasteiger partial charge in [0.05, 0.1) is 0 Å². The number of carboxylic acids is 1. The molecule has 1 atom stereocenters. The van der Waals surface area contributed by atoms with Crippen LogP contribution in [0.3, 0.4) is 0 Å². The fraction of sp³-hybridized carbons (Fsp3) is 0.417. The lowest BCUT2D eigenvalue weighted by atomic mass is 9.97. The Bertz CT molecular complexity index is 280. The van der Waals surface area contributed by atoms with E-state index in [1.165, 1.54) is 5.56 Å². The van der Waals surface area contributed by atoms with Crippen molar-refractivity contribution in [3.05, 3.63) is 35.9 Å². The Morgan fingerprint density at radius 3 is 2.57 bits per heavy atom. The maximum Gasteiger partial charge on any atom is 0.0414 e. The van der Waals surface area contributed by atoms with E-state index in [1.807, 2.05) is 18.2 Å². The smallest absolute Gasteiger partial charge is 0.0414 e. The van der Waals surface area contributed by atoms with Gasteiger partial charge in [0.2, 0.25) is 0 Å². The first kappa shape index (κ1) is 10.8. The van der Waals surface area contributed by atoms with E-state index in [2.05, 4.69) is 19.1 Å². The van der Waals surface area contributed by atoms with Crippen molar-refractivity contribution < 1.29 is 9.90 Å². The Balaban J connectivity index is 2.34. The van der Waals surface area contributed by atoms with E-state index in [1.54, 1.807) is 0 Å². The van der Waals surface area contributed by atoms with Gasteiger partial charge in [-0.25, -0.2) is 0 Å². The van der Waals surface area contributed by atoms with Crippen LogP contribution in [0.5, 0.6) is 0 Å². The monoisotopic (exact) mass is 191 g/mol.